The molecule has 5 nitrogen and oxygen atoms in total. The van der Waals surface area contributed by atoms with E-state index < -0.39 is 32.6 Å². The number of para-hydroxylation sites is 1. The first kappa shape index (κ1) is 17.8. The summed E-state index contributed by atoms with van der Waals surface area (Å²) in [5, 5.41) is 2.09. The summed E-state index contributed by atoms with van der Waals surface area (Å²) in [6.45, 7) is 0. The lowest BCUT2D eigenvalue weighted by Gasteiger charge is -2.12. The maximum absolute atomic E-state index is 12.9. The highest BCUT2D eigenvalue weighted by Gasteiger charge is 2.32. The molecular weight excluding hydrogens is 347 g/mol. The van der Waals surface area contributed by atoms with Crippen molar-refractivity contribution in [3.8, 4) is 5.75 Å². The summed E-state index contributed by atoms with van der Waals surface area (Å²) in [5.74, 6) is 0.185. The number of ether oxygens (including phenoxy) is 1. The van der Waals surface area contributed by atoms with E-state index in [0.717, 1.165) is 12.3 Å². The zero-order valence-corrected chi connectivity index (χ0v) is 13.1. The molecule has 2 aromatic carbocycles. The third-order valence-corrected chi connectivity index (χ3v) is 3.95. The van der Waals surface area contributed by atoms with Crippen LogP contribution in [0.5, 0.6) is 5.75 Å². The molecule has 0 bridgehead atoms. The van der Waals surface area contributed by atoms with Gasteiger partial charge >= 0.3 is 12.3 Å². The molecule has 24 heavy (non-hydrogen) atoms. The number of anilines is 1. The summed E-state index contributed by atoms with van der Waals surface area (Å²) in [4.78, 5) is 11.2. The second kappa shape index (κ2) is 6.52. The molecule has 0 atom stereocenters. The third kappa shape index (κ3) is 4.72. The Bertz CT molecular complexity index is 849. The van der Waals surface area contributed by atoms with Crippen LogP contribution in [0.4, 0.5) is 23.7 Å². The zero-order valence-electron chi connectivity index (χ0n) is 12.3. The minimum Gasteiger partial charge on any atom is -0.410 e. The Balaban J connectivity index is 2.30. The Morgan fingerprint density at radius 1 is 1.08 bits per heavy atom. The fourth-order valence-electron chi connectivity index (χ4n) is 1.79. The molecular formula is C15H12F3NO4S. The van der Waals surface area contributed by atoms with Crippen molar-refractivity contribution >= 4 is 21.6 Å². The van der Waals surface area contributed by atoms with Gasteiger partial charge in [-0.05, 0) is 30.3 Å². The molecule has 0 fully saturated rings. The molecule has 0 saturated heterocycles. The maximum Gasteiger partial charge on any atom is 0.417 e. The van der Waals surface area contributed by atoms with Gasteiger partial charge in [-0.1, -0.05) is 18.2 Å². The van der Waals surface area contributed by atoms with Crippen molar-refractivity contribution < 1.29 is 31.1 Å². The molecule has 9 heteroatoms. The molecule has 0 unspecified atom stereocenters. The second-order valence-corrected chi connectivity index (χ2v) is 6.86. The van der Waals surface area contributed by atoms with Crippen molar-refractivity contribution in [3.05, 3.63) is 54.1 Å². The van der Waals surface area contributed by atoms with Gasteiger partial charge < -0.3 is 4.74 Å². The van der Waals surface area contributed by atoms with Gasteiger partial charge in [0, 0.05) is 11.9 Å². The third-order valence-electron chi connectivity index (χ3n) is 2.86. The highest BCUT2D eigenvalue weighted by molar-refractivity contribution is 7.90. The number of hydrogen-bond acceptors (Lipinski definition) is 4. The number of halogens is 3. The average Bonchev–Trinajstić information content (AvgIpc) is 2.46. The number of hydrogen-bond donors (Lipinski definition) is 1. The number of nitrogens with one attached hydrogen (secondary N) is 1. The van der Waals surface area contributed by atoms with E-state index in [2.05, 4.69) is 5.32 Å². The number of rotatable bonds is 3. The Labute approximate surface area is 136 Å². The van der Waals surface area contributed by atoms with Crippen LogP contribution < -0.4 is 10.1 Å². The van der Waals surface area contributed by atoms with Crippen molar-refractivity contribution in [1.82, 2.24) is 0 Å². The monoisotopic (exact) mass is 359 g/mol. The molecule has 0 radical (unpaired) electrons. The summed E-state index contributed by atoms with van der Waals surface area (Å²) >= 11 is 0. The fourth-order valence-corrected chi connectivity index (χ4v) is 2.47. The number of benzene rings is 2. The van der Waals surface area contributed by atoms with Crippen LogP contribution in [-0.2, 0) is 16.0 Å². The van der Waals surface area contributed by atoms with Gasteiger partial charge in [0.25, 0.3) is 0 Å². The summed E-state index contributed by atoms with van der Waals surface area (Å²) in [5.41, 5.74) is -1.54. The van der Waals surface area contributed by atoms with Crippen LogP contribution in [-0.4, -0.2) is 20.8 Å². The van der Waals surface area contributed by atoms with E-state index in [-0.39, 0.29) is 11.4 Å². The normalized spacial score (nSPS) is 11.8. The van der Waals surface area contributed by atoms with Gasteiger partial charge in [0.05, 0.1) is 10.5 Å². The van der Waals surface area contributed by atoms with Gasteiger partial charge in [0.2, 0.25) is 0 Å². The fraction of sp³-hybridized carbons (Fsp3) is 0.133. The van der Waals surface area contributed by atoms with Crippen molar-refractivity contribution in [2.75, 3.05) is 11.6 Å². The van der Waals surface area contributed by atoms with Crippen molar-refractivity contribution in [3.63, 3.8) is 0 Å². The van der Waals surface area contributed by atoms with E-state index in [0.29, 0.717) is 12.1 Å². The predicted molar refractivity (Wildman–Crippen MR) is 80.6 cm³/mol. The highest BCUT2D eigenvalue weighted by atomic mass is 32.2. The van der Waals surface area contributed by atoms with Gasteiger partial charge in [-0.3, -0.25) is 5.32 Å². The lowest BCUT2D eigenvalue weighted by atomic mass is 10.2. The van der Waals surface area contributed by atoms with Crippen LogP contribution >= 0.6 is 0 Å². The van der Waals surface area contributed by atoms with Crippen molar-refractivity contribution in [2.45, 2.75) is 11.1 Å². The average molecular weight is 359 g/mol. The molecule has 2 rings (SSSR count). The molecule has 0 aliphatic heterocycles. The largest absolute Gasteiger partial charge is 0.417 e. The van der Waals surface area contributed by atoms with Gasteiger partial charge in [0.15, 0.2) is 9.84 Å². The van der Waals surface area contributed by atoms with E-state index in [9.17, 15) is 26.4 Å². The minimum absolute atomic E-state index is 0.185. The summed E-state index contributed by atoms with van der Waals surface area (Å²) < 4.78 is 66.6. The SMILES string of the molecule is CS(=O)(=O)c1cc(NC(=O)Oc2ccccc2)cc(C(F)(F)F)c1. The molecule has 0 aliphatic rings. The molecule has 0 aliphatic carbocycles. The highest BCUT2D eigenvalue weighted by Crippen LogP contribution is 2.33. The van der Waals surface area contributed by atoms with Crippen LogP contribution in [0.3, 0.4) is 0 Å². The molecule has 1 amide bonds. The number of carbonyl (C=O) groups excluding carboxylic acids is 1. The van der Waals surface area contributed by atoms with Crippen LogP contribution in [0.2, 0.25) is 0 Å². The first-order valence-corrected chi connectivity index (χ1v) is 8.41. The standard InChI is InChI=1S/C15H12F3NO4S/c1-24(21,22)13-8-10(15(16,17)18)7-11(9-13)19-14(20)23-12-5-3-2-4-6-12/h2-9H,1H3,(H,19,20). The first-order chi connectivity index (χ1) is 11.1. The summed E-state index contributed by atoms with van der Waals surface area (Å²) in [6.07, 6.45) is -5.03. The van der Waals surface area contributed by atoms with Crippen molar-refractivity contribution in [2.24, 2.45) is 0 Å². The van der Waals surface area contributed by atoms with E-state index in [1.807, 2.05) is 0 Å². The summed E-state index contributed by atoms with van der Waals surface area (Å²) in [6, 6.07) is 9.92. The first-order valence-electron chi connectivity index (χ1n) is 6.52. The second-order valence-electron chi connectivity index (χ2n) is 4.84. The minimum atomic E-state index is -4.76. The quantitative estimate of drug-likeness (QED) is 0.907. The Hall–Kier alpha value is -2.55. The number of amides is 1. The van der Waals surface area contributed by atoms with Crippen molar-refractivity contribution in [1.29, 1.82) is 0 Å². The van der Waals surface area contributed by atoms with Gasteiger partial charge in [0.1, 0.15) is 5.75 Å². The Kier molecular flexibility index (Phi) is 4.83. The van der Waals surface area contributed by atoms with Crippen LogP contribution in [0.15, 0.2) is 53.4 Å². The molecule has 2 aromatic rings. The number of carbonyl (C=O) groups is 1. The van der Waals surface area contributed by atoms with E-state index in [4.69, 9.17) is 4.74 Å². The lowest BCUT2D eigenvalue weighted by Crippen LogP contribution is -2.18. The molecule has 1 N–H and O–H groups in total. The topological polar surface area (TPSA) is 72.5 Å². The Morgan fingerprint density at radius 3 is 2.25 bits per heavy atom. The molecule has 128 valence electrons. The van der Waals surface area contributed by atoms with E-state index in [1.54, 1.807) is 18.2 Å². The molecule has 0 saturated carbocycles. The predicted octanol–water partition coefficient (Wildman–Crippen LogP) is 3.72. The van der Waals surface area contributed by atoms with Crippen LogP contribution in [0, 0.1) is 0 Å². The van der Waals surface area contributed by atoms with E-state index in [1.165, 1.54) is 12.1 Å². The number of sulfone groups is 1. The number of alkyl halides is 3. The summed E-state index contributed by atoms with van der Waals surface area (Å²) in [7, 11) is -3.89. The zero-order chi connectivity index (χ0) is 18.0. The van der Waals surface area contributed by atoms with E-state index >= 15 is 0 Å². The van der Waals surface area contributed by atoms with Gasteiger partial charge in [-0.2, -0.15) is 13.2 Å². The molecule has 0 heterocycles. The van der Waals surface area contributed by atoms with Gasteiger partial charge in [-0.25, -0.2) is 13.2 Å². The lowest BCUT2D eigenvalue weighted by molar-refractivity contribution is -0.137. The smallest absolute Gasteiger partial charge is 0.410 e. The van der Waals surface area contributed by atoms with Crippen LogP contribution in [0.25, 0.3) is 0 Å². The Morgan fingerprint density at radius 2 is 1.71 bits per heavy atom. The molecule has 0 spiro atoms. The maximum atomic E-state index is 12.9. The van der Waals surface area contributed by atoms with Crippen LogP contribution in [0.1, 0.15) is 5.56 Å². The molecule has 0 aromatic heterocycles. The van der Waals surface area contributed by atoms with Gasteiger partial charge in [-0.15, -0.1) is 0 Å².